The standard InChI is InChI=1S/C22H16FNO3/c23-22(17-11-5-2-6-12-17)18-13-7-8-14-19(18)24(20(22)25)21(26)27-15-16-9-3-1-4-10-16/h1-14H,15H2. The zero-order valence-electron chi connectivity index (χ0n) is 14.3. The number of hydrogen-bond acceptors (Lipinski definition) is 3. The van der Waals surface area contributed by atoms with Crippen LogP contribution in [0.4, 0.5) is 14.9 Å². The lowest BCUT2D eigenvalue weighted by Gasteiger charge is -2.20. The molecule has 1 heterocycles. The maximum absolute atomic E-state index is 16.0. The summed E-state index contributed by atoms with van der Waals surface area (Å²) >= 11 is 0. The molecule has 27 heavy (non-hydrogen) atoms. The van der Waals surface area contributed by atoms with E-state index in [9.17, 15) is 9.59 Å². The lowest BCUT2D eigenvalue weighted by molar-refractivity contribution is -0.126. The van der Waals surface area contributed by atoms with Crippen molar-refractivity contribution in [3.05, 3.63) is 102 Å². The Labute approximate surface area is 155 Å². The average Bonchev–Trinajstić information content (AvgIpc) is 2.96. The van der Waals surface area contributed by atoms with E-state index in [1.54, 1.807) is 48.5 Å². The Kier molecular flexibility index (Phi) is 4.20. The average molecular weight is 361 g/mol. The number of carbonyl (C=O) groups is 2. The topological polar surface area (TPSA) is 46.6 Å². The molecule has 5 heteroatoms. The van der Waals surface area contributed by atoms with Crippen molar-refractivity contribution < 1.29 is 18.7 Å². The lowest BCUT2D eigenvalue weighted by atomic mass is 9.89. The third kappa shape index (κ3) is 2.77. The molecule has 0 bridgehead atoms. The lowest BCUT2D eigenvalue weighted by Crippen LogP contribution is -2.41. The summed E-state index contributed by atoms with van der Waals surface area (Å²) in [6.45, 7) is -0.00373. The van der Waals surface area contributed by atoms with Gasteiger partial charge in [-0.2, -0.15) is 0 Å². The number of alkyl halides is 1. The fourth-order valence-electron chi connectivity index (χ4n) is 3.25. The van der Waals surface area contributed by atoms with Gasteiger partial charge in [0.2, 0.25) is 5.67 Å². The van der Waals surface area contributed by atoms with Crippen LogP contribution in [0.1, 0.15) is 16.7 Å². The van der Waals surface area contributed by atoms with Gasteiger partial charge >= 0.3 is 6.09 Å². The number of ether oxygens (including phenoxy) is 1. The van der Waals surface area contributed by atoms with Crippen molar-refractivity contribution in [2.75, 3.05) is 4.90 Å². The Bertz CT molecular complexity index is 991. The van der Waals surface area contributed by atoms with Crippen LogP contribution < -0.4 is 4.90 Å². The van der Waals surface area contributed by atoms with E-state index in [4.69, 9.17) is 4.74 Å². The van der Waals surface area contributed by atoms with E-state index in [0.717, 1.165) is 10.5 Å². The van der Waals surface area contributed by atoms with Crippen molar-refractivity contribution in [2.45, 2.75) is 12.3 Å². The number of imide groups is 1. The van der Waals surface area contributed by atoms with Crippen LogP contribution in [0.5, 0.6) is 0 Å². The number of fused-ring (bicyclic) bond motifs is 1. The summed E-state index contributed by atoms with van der Waals surface area (Å²) in [5, 5.41) is 0. The van der Waals surface area contributed by atoms with Gasteiger partial charge in [0, 0.05) is 11.1 Å². The SMILES string of the molecule is O=C(OCc1ccccc1)N1C(=O)C(F)(c2ccccc2)c2ccccc21. The molecule has 0 saturated heterocycles. The van der Waals surface area contributed by atoms with E-state index < -0.39 is 17.7 Å². The van der Waals surface area contributed by atoms with Crippen molar-refractivity contribution in [1.82, 2.24) is 0 Å². The second-order valence-corrected chi connectivity index (χ2v) is 6.22. The van der Waals surface area contributed by atoms with Crippen LogP contribution in [-0.2, 0) is 21.8 Å². The normalized spacial score (nSPS) is 18.3. The predicted molar refractivity (Wildman–Crippen MR) is 98.9 cm³/mol. The summed E-state index contributed by atoms with van der Waals surface area (Å²) in [5.41, 5.74) is -1.13. The highest BCUT2D eigenvalue weighted by Gasteiger charge is 2.55. The molecule has 0 radical (unpaired) electrons. The zero-order chi connectivity index (χ0) is 18.9. The minimum Gasteiger partial charge on any atom is -0.444 e. The van der Waals surface area contributed by atoms with Crippen LogP contribution in [0.15, 0.2) is 84.9 Å². The number of para-hydroxylation sites is 1. The van der Waals surface area contributed by atoms with Gasteiger partial charge in [-0.05, 0) is 11.6 Å². The van der Waals surface area contributed by atoms with Crippen molar-refractivity contribution in [3.63, 3.8) is 0 Å². The minimum absolute atomic E-state index is 0.00373. The fourth-order valence-corrected chi connectivity index (χ4v) is 3.25. The summed E-state index contributed by atoms with van der Waals surface area (Å²) < 4.78 is 21.3. The molecule has 0 N–H and O–H groups in total. The summed E-state index contributed by atoms with van der Waals surface area (Å²) in [7, 11) is 0. The number of rotatable bonds is 3. The maximum atomic E-state index is 16.0. The maximum Gasteiger partial charge on any atom is 0.421 e. The number of benzene rings is 3. The van der Waals surface area contributed by atoms with E-state index in [1.165, 1.54) is 18.2 Å². The largest absolute Gasteiger partial charge is 0.444 e. The van der Waals surface area contributed by atoms with Gasteiger partial charge in [-0.15, -0.1) is 0 Å². The second-order valence-electron chi connectivity index (χ2n) is 6.22. The molecule has 3 aromatic carbocycles. The molecule has 3 aromatic rings. The Morgan fingerprint density at radius 3 is 2.19 bits per heavy atom. The molecule has 134 valence electrons. The molecule has 0 aliphatic carbocycles. The first-order valence-electron chi connectivity index (χ1n) is 8.51. The number of amides is 2. The highest BCUT2D eigenvalue weighted by atomic mass is 19.1. The van der Waals surface area contributed by atoms with Crippen molar-refractivity contribution >= 4 is 17.7 Å². The summed E-state index contributed by atoms with van der Waals surface area (Å²) in [4.78, 5) is 26.4. The molecule has 0 saturated carbocycles. The smallest absolute Gasteiger partial charge is 0.421 e. The molecule has 1 aliphatic heterocycles. The first-order chi connectivity index (χ1) is 13.1. The molecule has 0 fully saturated rings. The van der Waals surface area contributed by atoms with Gasteiger partial charge < -0.3 is 4.74 Å². The van der Waals surface area contributed by atoms with E-state index in [2.05, 4.69) is 0 Å². The van der Waals surface area contributed by atoms with Crippen LogP contribution in [0.3, 0.4) is 0 Å². The molecule has 1 unspecified atom stereocenters. The molecule has 1 atom stereocenters. The zero-order valence-corrected chi connectivity index (χ0v) is 14.3. The van der Waals surface area contributed by atoms with Gasteiger partial charge in [0.15, 0.2) is 0 Å². The van der Waals surface area contributed by atoms with Gasteiger partial charge in [-0.25, -0.2) is 14.1 Å². The molecule has 4 nitrogen and oxygen atoms in total. The third-order valence-corrected chi connectivity index (χ3v) is 4.57. The first kappa shape index (κ1) is 17.0. The highest BCUT2D eigenvalue weighted by molar-refractivity contribution is 6.21. The number of anilines is 1. The number of hydrogen-bond donors (Lipinski definition) is 0. The fraction of sp³-hybridized carbons (Fsp3) is 0.0909. The minimum atomic E-state index is -2.43. The number of carbonyl (C=O) groups excluding carboxylic acids is 2. The van der Waals surface area contributed by atoms with Gasteiger partial charge in [0.25, 0.3) is 5.91 Å². The summed E-state index contributed by atoms with van der Waals surface area (Å²) in [6.07, 6.45) is -0.897. The Morgan fingerprint density at radius 2 is 1.48 bits per heavy atom. The molecular weight excluding hydrogens is 345 g/mol. The first-order valence-corrected chi connectivity index (χ1v) is 8.51. The Balaban J connectivity index is 1.68. The molecule has 4 rings (SSSR count). The molecule has 1 aliphatic rings. The Morgan fingerprint density at radius 1 is 0.889 bits per heavy atom. The summed E-state index contributed by atoms with van der Waals surface area (Å²) in [5.74, 6) is -0.965. The van der Waals surface area contributed by atoms with Crippen molar-refractivity contribution in [2.24, 2.45) is 0 Å². The van der Waals surface area contributed by atoms with E-state index >= 15 is 4.39 Å². The van der Waals surface area contributed by atoms with Crippen LogP contribution in [0, 0.1) is 0 Å². The molecule has 0 spiro atoms. The van der Waals surface area contributed by atoms with Crippen molar-refractivity contribution in [1.29, 1.82) is 0 Å². The van der Waals surface area contributed by atoms with E-state index in [-0.39, 0.29) is 23.4 Å². The van der Waals surface area contributed by atoms with Crippen LogP contribution in [-0.4, -0.2) is 12.0 Å². The second kappa shape index (κ2) is 6.68. The van der Waals surface area contributed by atoms with Crippen LogP contribution in [0.25, 0.3) is 0 Å². The molecular formula is C22H16FNO3. The quantitative estimate of drug-likeness (QED) is 0.686. The van der Waals surface area contributed by atoms with Gasteiger partial charge in [0.05, 0.1) is 5.69 Å². The van der Waals surface area contributed by atoms with Gasteiger partial charge in [0.1, 0.15) is 6.61 Å². The van der Waals surface area contributed by atoms with Crippen LogP contribution in [0.2, 0.25) is 0 Å². The van der Waals surface area contributed by atoms with Crippen LogP contribution >= 0.6 is 0 Å². The summed E-state index contributed by atoms with van der Waals surface area (Å²) in [6, 6.07) is 23.6. The Hall–Kier alpha value is -3.47. The van der Waals surface area contributed by atoms with E-state index in [1.807, 2.05) is 18.2 Å². The van der Waals surface area contributed by atoms with Crippen molar-refractivity contribution in [3.8, 4) is 0 Å². The molecule has 0 aromatic heterocycles. The predicted octanol–water partition coefficient (Wildman–Crippen LogP) is 4.58. The number of nitrogens with zero attached hydrogens (tertiary/aromatic N) is 1. The number of halogens is 1. The van der Waals surface area contributed by atoms with E-state index in [0.29, 0.717) is 0 Å². The third-order valence-electron chi connectivity index (χ3n) is 4.57. The molecule has 2 amide bonds. The monoisotopic (exact) mass is 361 g/mol. The van der Waals surface area contributed by atoms with Gasteiger partial charge in [-0.1, -0.05) is 78.9 Å². The highest BCUT2D eigenvalue weighted by Crippen LogP contribution is 2.47. The van der Waals surface area contributed by atoms with Gasteiger partial charge in [-0.3, -0.25) is 4.79 Å².